The van der Waals surface area contributed by atoms with E-state index in [0.29, 0.717) is 23.4 Å². The van der Waals surface area contributed by atoms with Gasteiger partial charge in [0.1, 0.15) is 5.82 Å². The van der Waals surface area contributed by atoms with E-state index in [4.69, 9.17) is 0 Å². The van der Waals surface area contributed by atoms with Gasteiger partial charge >= 0.3 is 5.97 Å². The molecule has 0 spiro atoms. The molecule has 2 aromatic rings. The fraction of sp³-hybridized carbons (Fsp3) is 0.471. The Hall–Kier alpha value is -1.84. The number of rotatable bonds is 3. The Morgan fingerprint density at radius 1 is 1.33 bits per heavy atom. The second-order valence-electron chi connectivity index (χ2n) is 5.86. The molecule has 0 amide bonds. The maximum absolute atomic E-state index is 14.0. The molecule has 0 bridgehead atoms. The second kappa shape index (κ2) is 5.51. The number of halogens is 1. The molecule has 112 valence electrons. The number of hydrogen-bond donors (Lipinski definition) is 1. The second-order valence-corrected chi connectivity index (χ2v) is 5.86. The van der Waals surface area contributed by atoms with Gasteiger partial charge in [0.15, 0.2) is 0 Å². The molecule has 0 saturated heterocycles. The number of carbonyl (C=O) groups is 1. The van der Waals surface area contributed by atoms with Gasteiger partial charge in [-0.3, -0.25) is 0 Å². The van der Waals surface area contributed by atoms with Gasteiger partial charge in [-0.2, -0.15) is 0 Å². The quantitative estimate of drug-likeness (QED) is 0.901. The van der Waals surface area contributed by atoms with E-state index < -0.39 is 5.97 Å². The van der Waals surface area contributed by atoms with Crippen molar-refractivity contribution in [2.75, 3.05) is 0 Å². The summed E-state index contributed by atoms with van der Waals surface area (Å²) in [6.07, 6.45) is 8.05. The van der Waals surface area contributed by atoms with Gasteiger partial charge in [-0.25, -0.2) is 9.18 Å². The molecule has 1 aliphatic carbocycles. The first-order chi connectivity index (χ1) is 10.1. The third-order valence-electron chi connectivity index (χ3n) is 4.58. The lowest BCUT2D eigenvalue weighted by molar-refractivity contribution is 0.0698. The number of aromatic nitrogens is 1. The standard InChI is InChI=1S/C17H20FNO2/c1-2-11-8-16-13(9-15(11)18)14(17(20)21)10-19(16)12-6-4-3-5-7-12/h8-10,12H,2-7H2,1H3,(H,20,21). The van der Waals surface area contributed by atoms with Crippen molar-refractivity contribution in [3.8, 4) is 0 Å². The van der Waals surface area contributed by atoms with Crippen molar-refractivity contribution in [2.24, 2.45) is 0 Å². The summed E-state index contributed by atoms with van der Waals surface area (Å²) in [7, 11) is 0. The first-order valence-corrected chi connectivity index (χ1v) is 7.68. The van der Waals surface area contributed by atoms with E-state index in [1.54, 1.807) is 6.20 Å². The number of nitrogens with zero attached hydrogens (tertiary/aromatic N) is 1. The van der Waals surface area contributed by atoms with Crippen LogP contribution in [0.1, 0.15) is 61.0 Å². The molecular weight excluding hydrogens is 269 g/mol. The zero-order valence-corrected chi connectivity index (χ0v) is 12.2. The van der Waals surface area contributed by atoms with Crippen molar-refractivity contribution < 1.29 is 14.3 Å². The highest BCUT2D eigenvalue weighted by Gasteiger charge is 2.22. The van der Waals surface area contributed by atoms with Crippen LogP contribution in [0.2, 0.25) is 0 Å². The van der Waals surface area contributed by atoms with Crippen LogP contribution in [0.4, 0.5) is 4.39 Å². The van der Waals surface area contributed by atoms with E-state index >= 15 is 0 Å². The number of hydrogen-bond acceptors (Lipinski definition) is 1. The Labute approximate surface area is 123 Å². The Balaban J connectivity index is 2.20. The predicted octanol–water partition coefficient (Wildman–Crippen LogP) is 4.55. The van der Waals surface area contributed by atoms with Crippen LogP contribution in [-0.2, 0) is 6.42 Å². The van der Waals surface area contributed by atoms with E-state index in [1.807, 2.05) is 13.0 Å². The van der Waals surface area contributed by atoms with E-state index in [0.717, 1.165) is 18.4 Å². The molecule has 0 aliphatic heterocycles. The van der Waals surface area contributed by atoms with Crippen LogP contribution in [0.3, 0.4) is 0 Å². The summed E-state index contributed by atoms with van der Waals surface area (Å²) in [4.78, 5) is 11.4. The molecule has 21 heavy (non-hydrogen) atoms. The highest BCUT2D eigenvalue weighted by molar-refractivity contribution is 6.03. The van der Waals surface area contributed by atoms with Gasteiger partial charge in [-0.15, -0.1) is 0 Å². The zero-order chi connectivity index (χ0) is 15.0. The molecule has 1 saturated carbocycles. The Morgan fingerprint density at radius 3 is 2.67 bits per heavy atom. The molecule has 4 heteroatoms. The minimum Gasteiger partial charge on any atom is -0.478 e. The molecular formula is C17H20FNO2. The molecule has 1 aromatic carbocycles. The van der Waals surface area contributed by atoms with Gasteiger partial charge in [0.25, 0.3) is 0 Å². The average Bonchev–Trinajstić information content (AvgIpc) is 2.85. The topological polar surface area (TPSA) is 42.2 Å². The molecule has 1 aromatic heterocycles. The molecule has 0 atom stereocenters. The fourth-order valence-corrected chi connectivity index (χ4v) is 3.42. The molecule has 1 N–H and O–H groups in total. The van der Waals surface area contributed by atoms with Gasteiger partial charge in [-0.1, -0.05) is 26.2 Å². The predicted molar refractivity (Wildman–Crippen MR) is 80.4 cm³/mol. The lowest BCUT2D eigenvalue weighted by Gasteiger charge is -2.24. The SMILES string of the molecule is CCc1cc2c(cc1F)c(C(=O)O)cn2C1CCCCC1. The van der Waals surface area contributed by atoms with Crippen LogP contribution in [-0.4, -0.2) is 15.6 Å². The lowest BCUT2D eigenvalue weighted by atomic mass is 9.95. The summed E-state index contributed by atoms with van der Waals surface area (Å²) in [5, 5.41) is 9.89. The van der Waals surface area contributed by atoms with Gasteiger partial charge < -0.3 is 9.67 Å². The van der Waals surface area contributed by atoms with Crippen molar-refractivity contribution >= 4 is 16.9 Å². The van der Waals surface area contributed by atoms with E-state index in [-0.39, 0.29) is 11.4 Å². The molecule has 1 heterocycles. The van der Waals surface area contributed by atoms with Crippen LogP contribution in [0.5, 0.6) is 0 Å². The van der Waals surface area contributed by atoms with Gasteiger partial charge in [0.05, 0.1) is 5.56 Å². The number of aromatic carboxylic acids is 1. The van der Waals surface area contributed by atoms with Crippen molar-refractivity contribution in [2.45, 2.75) is 51.5 Å². The van der Waals surface area contributed by atoms with E-state index in [1.165, 1.54) is 25.3 Å². The largest absolute Gasteiger partial charge is 0.478 e. The summed E-state index contributed by atoms with van der Waals surface area (Å²) in [6, 6.07) is 3.55. The number of fused-ring (bicyclic) bond motifs is 1. The first-order valence-electron chi connectivity index (χ1n) is 7.68. The summed E-state index contributed by atoms with van der Waals surface area (Å²) in [5.74, 6) is -1.30. The molecule has 3 rings (SSSR count). The molecule has 0 radical (unpaired) electrons. The summed E-state index contributed by atoms with van der Waals surface area (Å²) < 4.78 is 16.1. The van der Waals surface area contributed by atoms with E-state index in [9.17, 15) is 14.3 Å². The summed E-state index contributed by atoms with van der Waals surface area (Å²) >= 11 is 0. The minimum atomic E-state index is -0.988. The van der Waals surface area contributed by atoms with Crippen molar-refractivity contribution in [3.63, 3.8) is 0 Å². The number of benzene rings is 1. The maximum atomic E-state index is 14.0. The Morgan fingerprint density at radius 2 is 2.05 bits per heavy atom. The van der Waals surface area contributed by atoms with Crippen molar-refractivity contribution in [1.29, 1.82) is 0 Å². The molecule has 3 nitrogen and oxygen atoms in total. The third-order valence-corrected chi connectivity index (χ3v) is 4.58. The monoisotopic (exact) mass is 289 g/mol. The smallest absolute Gasteiger partial charge is 0.337 e. The lowest BCUT2D eigenvalue weighted by Crippen LogP contribution is -2.12. The Bertz CT molecular complexity index is 684. The minimum absolute atomic E-state index is 0.206. The molecule has 1 fully saturated rings. The van der Waals surface area contributed by atoms with Crippen LogP contribution >= 0.6 is 0 Å². The van der Waals surface area contributed by atoms with Crippen LogP contribution in [0, 0.1) is 5.82 Å². The normalized spacial score (nSPS) is 16.5. The average molecular weight is 289 g/mol. The van der Waals surface area contributed by atoms with Gasteiger partial charge in [0.2, 0.25) is 0 Å². The fourth-order valence-electron chi connectivity index (χ4n) is 3.42. The van der Waals surface area contributed by atoms with Crippen LogP contribution in [0.15, 0.2) is 18.3 Å². The van der Waals surface area contributed by atoms with E-state index in [2.05, 4.69) is 4.57 Å². The van der Waals surface area contributed by atoms with Crippen molar-refractivity contribution in [1.82, 2.24) is 4.57 Å². The molecule has 1 aliphatic rings. The zero-order valence-electron chi connectivity index (χ0n) is 12.2. The Kier molecular flexibility index (Phi) is 3.70. The van der Waals surface area contributed by atoms with Crippen LogP contribution < -0.4 is 0 Å². The highest BCUT2D eigenvalue weighted by atomic mass is 19.1. The highest BCUT2D eigenvalue weighted by Crippen LogP contribution is 2.34. The maximum Gasteiger partial charge on any atom is 0.337 e. The number of carboxylic acids is 1. The van der Waals surface area contributed by atoms with Crippen LogP contribution in [0.25, 0.3) is 10.9 Å². The summed E-state index contributed by atoms with van der Waals surface area (Å²) in [5.41, 5.74) is 1.71. The number of carboxylic acid groups (broad SMARTS) is 1. The molecule has 0 unspecified atom stereocenters. The first kappa shape index (κ1) is 14.1. The number of aryl methyl sites for hydroxylation is 1. The van der Waals surface area contributed by atoms with Crippen molar-refractivity contribution in [3.05, 3.63) is 35.3 Å². The summed E-state index contributed by atoms with van der Waals surface area (Å²) in [6.45, 7) is 1.91. The third kappa shape index (κ3) is 2.43. The van der Waals surface area contributed by atoms with Gasteiger partial charge in [-0.05, 0) is 37.0 Å². The van der Waals surface area contributed by atoms with Gasteiger partial charge in [0, 0.05) is 23.1 Å².